The molecule has 4 heteroatoms. The van der Waals surface area contributed by atoms with Crippen LogP contribution in [0.3, 0.4) is 0 Å². The summed E-state index contributed by atoms with van der Waals surface area (Å²) in [6.07, 6.45) is 1.46. The van der Waals surface area contributed by atoms with E-state index >= 15 is 0 Å². The Bertz CT molecular complexity index is 467. The standard InChI is InChI=1S/C17H25NO3/c1-17(2,3)21-16(20)18-13-9-10-14(15(19)11-13)12-7-5-4-6-8-12/h4-8,13-15,19H,9-11H2,1-3H3,(H,18,20)/t13-,14+,15-/m0/s1. The predicted molar refractivity (Wildman–Crippen MR) is 82.2 cm³/mol. The summed E-state index contributed by atoms with van der Waals surface area (Å²) in [5.41, 5.74) is 0.671. The van der Waals surface area contributed by atoms with E-state index in [4.69, 9.17) is 4.74 Å². The Morgan fingerprint density at radius 1 is 1.24 bits per heavy atom. The number of benzene rings is 1. The summed E-state index contributed by atoms with van der Waals surface area (Å²) >= 11 is 0. The van der Waals surface area contributed by atoms with E-state index in [1.54, 1.807) is 0 Å². The number of rotatable bonds is 2. The molecule has 0 unspecified atom stereocenters. The number of carbonyl (C=O) groups excluding carboxylic acids is 1. The molecule has 4 nitrogen and oxygen atoms in total. The van der Waals surface area contributed by atoms with Gasteiger partial charge in [-0.25, -0.2) is 4.79 Å². The number of hydrogen-bond donors (Lipinski definition) is 2. The molecule has 1 amide bonds. The van der Waals surface area contributed by atoms with Crippen LogP contribution in [0.5, 0.6) is 0 Å². The van der Waals surface area contributed by atoms with Crippen molar-refractivity contribution >= 4 is 6.09 Å². The van der Waals surface area contributed by atoms with E-state index < -0.39 is 17.8 Å². The Labute approximate surface area is 126 Å². The number of alkyl carbamates (subject to hydrolysis) is 1. The fourth-order valence-electron chi connectivity index (χ4n) is 2.84. The Morgan fingerprint density at radius 3 is 2.48 bits per heavy atom. The van der Waals surface area contributed by atoms with Crippen molar-refractivity contribution in [1.82, 2.24) is 5.32 Å². The van der Waals surface area contributed by atoms with Gasteiger partial charge >= 0.3 is 6.09 Å². The molecule has 3 atom stereocenters. The molecule has 2 N–H and O–H groups in total. The Morgan fingerprint density at radius 2 is 1.90 bits per heavy atom. The summed E-state index contributed by atoms with van der Waals surface area (Å²) in [5.74, 6) is 0.155. The van der Waals surface area contributed by atoms with Crippen molar-refractivity contribution in [2.24, 2.45) is 0 Å². The molecule has 0 aliphatic heterocycles. The maximum atomic E-state index is 11.8. The van der Waals surface area contributed by atoms with Crippen LogP contribution < -0.4 is 5.32 Å². The third-order valence-electron chi connectivity index (χ3n) is 3.77. The average molecular weight is 291 g/mol. The van der Waals surface area contributed by atoms with Crippen LogP contribution in [0.25, 0.3) is 0 Å². The molecule has 0 bridgehead atoms. The summed E-state index contributed by atoms with van der Waals surface area (Å²) in [6, 6.07) is 10.0. The van der Waals surface area contributed by atoms with Crippen molar-refractivity contribution in [3.8, 4) is 0 Å². The molecular weight excluding hydrogens is 266 g/mol. The monoisotopic (exact) mass is 291 g/mol. The van der Waals surface area contributed by atoms with Crippen LogP contribution in [-0.4, -0.2) is 28.9 Å². The normalized spacial score (nSPS) is 26.2. The molecule has 1 saturated carbocycles. The zero-order valence-electron chi connectivity index (χ0n) is 13.0. The van der Waals surface area contributed by atoms with Crippen molar-refractivity contribution in [3.63, 3.8) is 0 Å². The van der Waals surface area contributed by atoms with Crippen LogP contribution in [0.2, 0.25) is 0 Å². The Kier molecular flexibility index (Phi) is 4.88. The highest BCUT2D eigenvalue weighted by Gasteiger charge is 2.31. The van der Waals surface area contributed by atoms with E-state index in [-0.39, 0.29) is 12.0 Å². The first-order chi connectivity index (χ1) is 9.85. The van der Waals surface area contributed by atoms with Crippen LogP contribution in [0.1, 0.15) is 51.5 Å². The van der Waals surface area contributed by atoms with Gasteiger partial charge in [0.25, 0.3) is 0 Å². The van der Waals surface area contributed by atoms with E-state index in [2.05, 4.69) is 17.4 Å². The van der Waals surface area contributed by atoms with Gasteiger partial charge in [-0.3, -0.25) is 0 Å². The third kappa shape index (κ3) is 4.74. The number of aliphatic hydroxyl groups excluding tert-OH is 1. The average Bonchev–Trinajstić information content (AvgIpc) is 2.37. The van der Waals surface area contributed by atoms with E-state index in [0.717, 1.165) is 12.8 Å². The molecule has 1 aromatic rings. The van der Waals surface area contributed by atoms with E-state index in [0.29, 0.717) is 6.42 Å². The lowest BCUT2D eigenvalue weighted by Gasteiger charge is -2.34. The molecule has 1 fully saturated rings. The number of ether oxygens (including phenoxy) is 1. The predicted octanol–water partition coefficient (Wildman–Crippen LogP) is 3.21. The van der Waals surface area contributed by atoms with E-state index in [1.165, 1.54) is 5.56 Å². The molecular formula is C17H25NO3. The van der Waals surface area contributed by atoms with Gasteiger partial charge in [0, 0.05) is 12.0 Å². The summed E-state index contributed by atoms with van der Waals surface area (Å²) < 4.78 is 5.26. The Balaban J connectivity index is 1.88. The molecule has 2 rings (SSSR count). The van der Waals surface area contributed by atoms with Crippen molar-refractivity contribution in [2.75, 3.05) is 0 Å². The number of hydrogen-bond acceptors (Lipinski definition) is 3. The van der Waals surface area contributed by atoms with Crippen LogP contribution in [0, 0.1) is 0 Å². The van der Waals surface area contributed by atoms with Gasteiger partial charge in [0.2, 0.25) is 0 Å². The molecule has 0 spiro atoms. The largest absolute Gasteiger partial charge is 0.444 e. The maximum absolute atomic E-state index is 11.8. The Hall–Kier alpha value is -1.55. The summed E-state index contributed by atoms with van der Waals surface area (Å²) in [6.45, 7) is 5.52. The second-order valence-corrected chi connectivity index (χ2v) is 6.74. The first-order valence-electron chi connectivity index (χ1n) is 7.57. The molecule has 0 aromatic heterocycles. The fourth-order valence-corrected chi connectivity index (χ4v) is 2.84. The lowest BCUT2D eigenvalue weighted by molar-refractivity contribution is 0.0426. The first-order valence-corrected chi connectivity index (χ1v) is 7.57. The minimum absolute atomic E-state index is 0.0187. The van der Waals surface area contributed by atoms with Gasteiger partial charge in [-0.2, -0.15) is 0 Å². The van der Waals surface area contributed by atoms with Gasteiger partial charge in [-0.05, 0) is 45.6 Å². The number of carbonyl (C=O) groups is 1. The molecule has 1 aliphatic carbocycles. The van der Waals surface area contributed by atoms with Gasteiger partial charge < -0.3 is 15.2 Å². The quantitative estimate of drug-likeness (QED) is 0.879. The van der Waals surface area contributed by atoms with Gasteiger partial charge in [-0.15, -0.1) is 0 Å². The molecule has 1 aromatic carbocycles. The second kappa shape index (κ2) is 6.48. The summed E-state index contributed by atoms with van der Waals surface area (Å²) in [4.78, 5) is 11.8. The third-order valence-corrected chi connectivity index (χ3v) is 3.77. The van der Waals surface area contributed by atoms with Crippen LogP contribution in [-0.2, 0) is 4.74 Å². The van der Waals surface area contributed by atoms with Crippen molar-refractivity contribution in [1.29, 1.82) is 0 Å². The minimum atomic E-state index is -0.496. The SMILES string of the molecule is CC(C)(C)OC(=O)N[C@H]1CC[C@H](c2ccccc2)[C@@H](O)C1. The van der Waals surface area contributed by atoms with Crippen molar-refractivity contribution in [3.05, 3.63) is 35.9 Å². The second-order valence-electron chi connectivity index (χ2n) is 6.74. The van der Waals surface area contributed by atoms with Crippen LogP contribution in [0.4, 0.5) is 4.79 Å². The molecule has 21 heavy (non-hydrogen) atoms. The van der Waals surface area contributed by atoms with Gasteiger partial charge in [-0.1, -0.05) is 30.3 Å². The zero-order valence-corrected chi connectivity index (χ0v) is 13.0. The van der Waals surface area contributed by atoms with E-state index in [1.807, 2.05) is 39.0 Å². The first kappa shape index (κ1) is 15.8. The number of aliphatic hydroxyl groups is 1. The fraction of sp³-hybridized carbons (Fsp3) is 0.588. The highest BCUT2D eigenvalue weighted by atomic mass is 16.6. The van der Waals surface area contributed by atoms with Gasteiger partial charge in [0.15, 0.2) is 0 Å². The molecule has 116 valence electrons. The zero-order chi connectivity index (χ0) is 15.5. The minimum Gasteiger partial charge on any atom is -0.444 e. The van der Waals surface area contributed by atoms with Gasteiger partial charge in [0.1, 0.15) is 5.60 Å². The lowest BCUT2D eigenvalue weighted by atomic mass is 9.79. The topological polar surface area (TPSA) is 58.6 Å². The number of nitrogens with one attached hydrogen (secondary N) is 1. The van der Waals surface area contributed by atoms with Crippen molar-refractivity contribution < 1.29 is 14.6 Å². The smallest absolute Gasteiger partial charge is 0.407 e. The highest BCUT2D eigenvalue weighted by molar-refractivity contribution is 5.68. The lowest BCUT2D eigenvalue weighted by Crippen LogP contribution is -2.44. The van der Waals surface area contributed by atoms with E-state index in [9.17, 15) is 9.90 Å². The van der Waals surface area contributed by atoms with Crippen LogP contribution >= 0.6 is 0 Å². The van der Waals surface area contributed by atoms with Crippen molar-refractivity contribution in [2.45, 2.75) is 63.7 Å². The summed E-state index contributed by atoms with van der Waals surface area (Å²) in [5, 5.41) is 13.2. The summed E-state index contributed by atoms with van der Waals surface area (Å²) in [7, 11) is 0. The molecule has 0 saturated heterocycles. The maximum Gasteiger partial charge on any atom is 0.407 e. The van der Waals surface area contributed by atoms with Crippen LogP contribution in [0.15, 0.2) is 30.3 Å². The number of amides is 1. The highest BCUT2D eigenvalue weighted by Crippen LogP contribution is 2.33. The molecule has 0 heterocycles. The molecule has 1 aliphatic rings. The van der Waals surface area contributed by atoms with Gasteiger partial charge in [0.05, 0.1) is 6.10 Å². The molecule has 0 radical (unpaired) electrons.